The zero-order valence-electron chi connectivity index (χ0n) is 11.2. The maximum Gasteiger partial charge on any atom is 0.322 e. The zero-order valence-corrected chi connectivity index (χ0v) is 11.9. The Hall–Kier alpha value is -1.92. The molecule has 0 atom stereocenters. The van der Waals surface area contributed by atoms with Crippen molar-refractivity contribution in [1.29, 1.82) is 0 Å². The highest BCUT2D eigenvalue weighted by atomic mass is 35.5. The molecule has 0 spiro atoms. The molecule has 7 heteroatoms. The van der Waals surface area contributed by atoms with Crippen LogP contribution >= 0.6 is 11.6 Å². The minimum Gasteiger partial charge on any atom is -0.467 e. The van der Waals surface area contributed by atoms with E-state index in [9.17, 15) is 0 Å². The zero-order chi connectivity index (χ0) is 14.4. The van der Waals surface area contributed by atoms with E-state index in [1.807, 2.05) is 35.2 Å². The lowest BCUT2D eigenvalue weighted by atomic mass is 10.2. The lowest BCUT2D eigenvalue weighted by molar-refractivity contribution is 0.378. The van der Waals surface area contributed by atoms with E-state index in [0.29, 0.717) is 25.6 Å². The average molecular weight is 294 g/mol. The third-order valence-corrected chi connectivity index (χ3v) is 2.83. The van der Waals surface area contributed by atoms with E-state index in [1.165, 1.54) is 7.11 Å². The SMILES string of the molecule is COc1nc(Cl)nc(N(CCN)Cc2ccccc2)n1. The molecule has 0 saturated heterocycles. The van der Waals surface area contributed by atoms with Gasteiger partial charge in [-0.3, -0.25) is 0 Å². The number of benzene rings is 1. The molecule has 0 aliphatic carbocycles. The van der Waals surface area contributed by atoms with Crippen molar-refractivity contribution in [1.82, 2.24) is 15.0 Å². The summed E-state index contributed by atoms with van der Waals surface area (Å²) in [5, 5.41) is 0.0990. The number of anilines is 1. The molecule has 0 fully saturated rings. The second-order valence-electron chi connectivity index (χ2n) is 4.09. The van der Waals surface area contributed by atoms with Crippen LogP contribution in [0.2, 0.25) is 5.28 Å². The van der Waals surface area contributed by atoms with Gasteiger partial charge in [0.15, 0.2) is 0 Å². The van der Waals surface area contributed by atoms with Gasteiger partial charge in [-0.2, -0.15) is 15.0 Å². The van der Waals surface area contributed by atoms with Crippen molar-refractivity contribution in [2.24, 2.45) is 5.73 Å². The molecule has 1 aromatic heterocycles. The molecule has 1 heterocycles. The van der Waals surface area contributed by atoms with Crippen LogP contribution in [-0.2, 0) is 6.54 Å². The van der Waals surface area contributed by atoms with Crippen LogP contribution in [0.15, 0.2) is 30.3 Å². The average Bonchev–Trinajstić information content (AvgIpc) is 2.47. The third-order valence-electron chi connectivity index (χ3n) is 2.66. The predicted molar refractivity (Wildman–Crippen MR) is 77.9 cm³/mol. The minimum atomic E-state index is 0.0990. The van der Waals surface area contributed by atoms with Crippen LogP contribution in [0.25, 0.3) is 0 Å². The fourth-order valence-corrected chi connectivity index (χ4v) is 1.91. The van der Waals surface area contributed by atoms with Gasteiger partial charge in [0.05, 0.1) is 7.11 Å². The molecule has 20 heavy (non-hydrogen) atoms. The van der Waals surface area contributed by atoms with Gasteiger partial charge >= 0.3 is 6.01 Å². The summed E-state index contributed by atoms with van der Waals surface area (Å²) < 4.78 is 5.01. The highest BCUT2D eigenvalue weighted by molar-refractivity contribution is 6.28. The van der Waals surface area contributed by atoms with E-state index in [2.05, 4.69) is 15.0 Å². The summed E-state index contributed by atoms with van der Waals surface area (Å²) in [5.41, 5.74) is 6.79. The van der Waals surface area contributed by atoms with Gasteiger partial charge in [0, 0.05) is 19.6 Å². The lowest BCUT2D eigenvalue weighted by Crippen LogP contribution is -2.30. The molecule has 0 aliphatic rings. The smallest absolute Gasteiger partial charge is 0.322 e. The van der Waals surface area contributed by atoms with E-state index in [4.69, 9.17) is 22.1 Å². The van der Waals surface area contributed by atoms with Crippen LogP contribution in [0, 0.1) is 0 Å². The van der Waals surface area contributed by atoms with E-state index in [-0.39, 0.29) is 11.3 Å². The van der Waals surface area contributed by atoms with Crippen LogP contribution in [0.1, 0.15) is 5.56 Å². The Bertz CT molecular complexity index is 552. The van der Waals surface area contributed by atoms with E-state index < -0.39 is 0 Å². The van der Waals surface area contributed by atoms with Crippen molar-refractivity contribution >= 4 is 17.5 Å². The molecule has 0 saturated carbocycles. The highest BCUT2D eigenvalue weighted by Crippen LogP contribution is 2.17. The normalized spacial score (nSPS) is 10.3. The first kappa shape index (κ1) is 14.5. The Morgan fingerprint density at radius 2 is 1.95 bits per heavy atom. The second kappa shape index (κ2) is 7.02. The van der Waals surface area contributed by atoms with E-state index >= 15 is 0 Å². The monoisotopic (exact) mass is 293 g/mol. The van der Waals surface area contributed by atoms with Gasteiger partial charge in [0.25, 0.3) is 0 Å². The molecule has 0 aliphatic heterocycles. The summed E-state index contributed by atoms with van der Waals surface area (Å²) in [6, 6.07) is 10.2. The molecule has 1 aromatic carbocycles. The van der Waals surface area contributed by atoms with Gasteiger partial charge in [0.1, 0.15) is 0 Å². The van der Waals surface area contributed by atoms with Crippen molar-refractivity contribution in [3.63, 3.8) is 0 Å². The van der Waals surface area contributed by atoms with Crippen LogP contribution in [0.5, 0.6) is 6.01 Å². The topological polar surface area (TPSA) is 77.2 Å². The quantitative estimate of drug-likeness (QED) is 0.870. The van der Waals surface area contributed by atoms with Crippen molar-refractivity contribution in [3.8, 4) is 6.01 Å². The number of ether oxygens (including phenoxy) is 1. The first-order chi connectivity index (χ1) is 9.72. The molecule has 2 rings (SSSR count). The first-order valence-electron chi connectivity index (χ1n) is 6.17. The Morgan fingerprint density at radius 3 is 2.60 bits per heavy atom. The van der Waals surface area contributed by atoms with Gasteiger partial charge < -0.3 is 15.4 Å². The molecule has 0 radical (unpaired) electrons. The largest absolute Gasteiger partial charge is 0.467 e. The van der Waals surface area contributed by atoms with Gasteiger partial charge in [-0.15, -0.1) is 0 Å². The molecule has 0 bridgehead atoms. The number of aromatic nitrogens is 3. The Morgan fingerprint density at radius 1 is 1.20 bits per heavy atom. The second-order valence-corrected chi connectivity index (χ2v) is 4.43. The number of rotatable bonds is 6. The van der Waals surface area contributed by atoms with E-state index in [0.717, 1.165) is 5.56 Å². The van der Waals surface area contributed by atoms with Crippen LogP contribution in [0.3, 0.4) is 0 Å². The summed E-state index contributed by atoms with van der Waals surface area (Å²) in [6.45, 7) is 1.73. The summed E-state index contributed by atoms with van der Waals surface area (Å²) in [6.07, 6.45) is 0. The maximum atomic E-state index is 5.88. The molecular weight excluding hydrogens is 278 g/mol. The van der Waals surface area contributed by atoms with E-state index in [1.54, 1.807) is 0 Å². The summed E-state index contributed by atoms with van der Waals surface area (Å²) in [4.78, 5) is 14.1. The van der Waals surface area contributed by atoms with Crippen molar-refractivity contribution in [2.45, 2.75) is 6.54 Å². The van der Waals surface area contributed by atoms with Crippen molar-refractivity contribution in [2.75, 3.05) is 25.1 Å². The molecular formula is C13H16ClN5O. The number of nitrogens with zero attached hydrogens (tertiary/aromatic N) is 4. The molecule has 2 aromatic rings. The van der Waals surface area contributed by atoms with Gasteiger partial charge in [0.2, 0.25) is 11.2 Å². The number of nitrogens with two attached hydrogens (primary N) is 1. The summed E-state index contributed by atoms with van der Waals surface area (Å²) >= 11 is 5.88. The third kappa shape index (κ3) is 3.79. The van der Waals surface area contributed by atoms with Crippen molar-refractivity contribution < 1.29 is 4.74 Å². The minimum absolute atomic E-state index is 0.0990. The highest BCUT2D eigenvalue weighted by Gasteiger charge is 2.13. The molecule has 0 amide bonds. The molecule has 6 nitrogen and oxygen atoms in total. The Balaban J connectivity index is 2.26. The Kier molecular flexibility index (Phi) is 5.09. The fraction of sp³-hybridized carbons (Fsp3) is 0.308. The first-order valence-corrected chi connectivity index (χ1v) is 6.55. The molecule has 2 N–H and O–H groups in total. The van der Waals surface area contributed by atoms with Gasteiger partial charge in [-0.1, -0.05) is 30.3 Å². The molecule has 106 valence electrons. The van der Waals surface area contributed by atoms with Crippen LogP contribution < -0.4 is 15.4 Å². The standard InChI is InChI=1S/C13H16ClN5O/c1-20-13-17-11(14)16-12(18-13)19(8-7-15)9-10-5-3-2-4-6-10/h2-6H,7-9,15H2,1H3. The molecule has 0 unspecified atom stereocenters. The lowest BCUT2D eigenvalue weighted by Gasteiger charge is -2.22. The van der Waals surface area contributed by atoms with Gasteiger partial charge in [-0.05, 0) is 17.2 Å². The van der Waals surface area contributed by atoms with Crippen molar-refractivity contribution in [3.05, 3.63) is 41.2 Å². The fourth-order valence-electron chi connectivity index (χ4n) is 1.76. The number of methoxy groups -OCH3 is 1. The predicted octanol–water partition coefficient (Wildman–Crippen LogP) is 1.50. The van der Waals surface area contributed by atoms with Crippen LogP contribution in [-0.4, -0.2) is 35.2 Å². The van der Waals surface area contributed by atoms with Gasteiger partial charge in [-0.25, -0.2) is 0 Å². The summed E-state index contributed by atoms with van der Waals surface area (Å²) in [7, 11) is 1.49. The number of hydrogen-bond donors (Lipinski definition) is 1. The Labute approximate surface area is 122 Å². The number of halogens is 1. The number of hydrogen-bond acceptors (Lipinski definition) is 6. The van der Waals surface area contributed by atoms with Crippen LogP contribution in [0.4, 0.5) is 5.95 Å². The summed E-state index contributed by atoms with van der Waals surface area (Å²) in [5.74, 6) is 0.455. The maximum absolute atomic E-state index is 5.88.